The Kier molecular flexibility index (Phi) is 3.97. The molecule has 5 rings (SSSR count). The van der Waals surface area contributed by atoms with Crippen LogP contribution in [0.3, 0.4) is 0 Å². The summed E-state index contributed by atoms with van der Waals surface area (Å²) in [5, 5.41) is 11.3. The number of benzene rings is 1. The van der Waals surface area contributed by atoms with Crippen LogP contribution in [0.15, 0.2) is 47.2 Å². The average molecular weight is 398 g/mol. The van der Waals surface area contributed by atoms with E-state index in [0.717, 1.165) is 22.1 Å². The highest BCUT2D eigenvalue weighted by molar-refractivity contribution is 7.91. The van der Waals surface area contributed by atoms with Gasteiger partial charge in [-0.1, -0.05) is 0 Å². The minimum Gasteiger partial charge on any atom is -0.486 e. The van der Waals surface area contributed by atoms with Crippen molar-refractivity contribution in [3.63, 3.8) is 0 Å². The van der Waals surface area contributed by atoms with Crippen molar-refractivity contribution < 1.29 is 17.6 Å². The van der Waals surface area contributed by atoms with Crippen molar-refractivity contribution in [3.8, 4) is 5.75 Å². The highest BCUT2D eigenvalue weighted by Gasteiger charge is 2.25. The molecule has 2 N–H and O–H groups in total. The number of aromatic nitrogens is 3. The predicted molar refractivity (Wildman–Crippen MR) is 106 cm³/mol. The van der Waals surface area contributed by atoms with Crippen molar-refractivity contribution in [2.75, 3.05) is 16.8 Å². The molecular weight excluding hydrogens is 380 g/mol. The quantitative estimate of drug-likeness (QED) is 0.542. The Morgan fingerprint density at radius 2 is 2.07 bits per heavy atom. The molecule has 1 aliphatic heterocycles. The first-order chi connectivity index (χ1) is 13.6. The lowest BCUT2D eigenvalue weighted by atomic mass is 10.2. The second kappa shape index (κ2) is 6.52. The normalized spacial score (nSPS) is 17.1. The van der Waals surface area contributed by atoms with E-state index in [0.29, 0.717) is 30.0 Å². The minimum atomic E-state index is -2.91. The molecule has 4 aromatic rings. The van der Waals surface area contributed by atoms with Crippen LogP contribution in [-0.4, -0.2) is 41.2 Å². The number of furan rings is 1. The van der Waals surface area contributed by atoms with Crippen molar-refractivity contribution in [1.29, 1.82) is 0 Å². The summed E-state index contributed by atoms with van der Waals surface area (Å²) in [6, 6.07) is 9.47. The van der Waals surface area contributed by atoms with Crippen molar-refractivity contribution in [1.82, 2.24) is 15.2 Å². The molecule has 0 bridgehead atoms. The fourth-order valence-electron chi connectivity index (χ4n) is 3.42. The number of H-pyrrole nitrogens is 1. The van der Waals surface area contributed by atoms with Crippen LogP contribution < -0.4 is 10.1 Å². The van der Waals surface area contributed by atoms with Gasteiger partial charge in [0.15, 0.2) is 21.4 Å². The van der Waals surface area contributed by atoms with Gasteiger partial charge in [-0.15, -0.1) is 0 Å². The molecule has 0 spiro atoms. The molecule has 1 saturated heterocycles. The van der Waals surface area contributed by atoms with E-state index in [9.17, 15) is 8.42 Å². The summed E-state index contributed by atoms with van der Waals surface area (Å²) in [4.78, 5) is 4.34. The van der Waals surface area contributed by atoms with Gasteiger partial charge in [-0.3, -0.25) is 10.1 Å². The van der Waals surface area contributed by atoms with Gasteiger partial charge in [-0.25, -0.2) is 8.42 Å². The summed E-state index contributed by atoms with van der Waals surface area (Å²) in [7, 11) is -2.91. The molecule has 1 aliphatic rings. The molecule has 144 valence electrons. The summed E-state index contributed by atoms with van der Waals surface area (Å²) in [5.41, 5.74) is 3.11. The summed E-state index contributed by atoms with van der Waals surface area (Å²) in [5.74, 6) is 1.62. The van der Waals surface area contributed by atoms with Crippen LogP contribution in [0.4, 0.5) is 11.5 Å². The topological polar surface area (TPSA) is 110 Å². The molecule has 3 aromatic heterocycles. The molecule has 28 heavy (non-hydrogen) atoms. The number of rotatable bonds is 4. The van der Waals surface area contributed by atoms with Gasteiger partial charge >= 0.3 is 0 Å². The Labute approximate surface area is 160 Å². The van der Waals surface area contributed by atoms with E-state index in [2.05, 4.69) is 20.5 Å². The Morgan fingerprint density at radius 3 is 2.93 bits per heavy atom. The molecule has 9 heteroatoms. The Morgan fingerprint density at radius 1 is 1.21 bits per heavy atom. The molecule has 1 fully saturated rings. The van der Waals surface area contributed by atoms with Gasteiger partial charge in [0.1, 0.15) is 23.5 Å². The first kappa shape index (κ1) is 17.1. The van der Waals surface area contributed by atoms with Gasteiger partial charge in [0.2, 0.25) is 0 Å². The van der Waals surface area contributed by atoms with Gasteiger partial charge < -0.3 is 14.5 Å². The fraction of sp³-hybridized carbons (Fsp3) is 0.263. The molecule has 0 atom stereocenters. The zero-order chi connectivity index (χ0) is 19.1. The van der Waals surface area contributed by atoms with Crippen LogP contribution in [0.25, 0.3) is 22.0 Å². The third kappa shape index (κ3) is 3.18. The number of anilines is 2. The zero-order valence-corrected chi connectivity index (χ0v) is 15.7. The van der Waals surface area contributed by atoms with Crippen LogP contribution in [-0.2, 0) is 9.84 Å². The highest BCUT2D eigenvalue weighted by atomic mass is 32.2. The number of nitrogens with zero attached hydrogens (tertiary/aromatic N) is 2. The summed E-state index contributed by atoms with van der Waals surface area (Å²) >= 11 is 0. The number of sulfone groups is 1. The molecule has 0 unspecified atom stereocenters. The van der Waals surface area contributed by atoms with Crippen LogP contribution in [0, 0.1) is 0 Å². The van der Waals surface area contributed by atoms with E-state index in [1.165, 1.54) is 0 Å². The predicted octanol–water partition coefficient (Wildman–Crippen LogP) is 3.40. The van der Waals surface area contributed by atoms with Gasteiger partial charge in [-0.2, -0.15) is 5.10 Å². The Balaban J connectivity index is 1.36. The van der Waals surface area contributed by atoms with Crippen molar-refractivity contribution in [3.05, 3.63) is 42.8 Å². The number of fused-ring (bicyclic) bond motifs is 2. The second-order valence-electron chi connectivity index (χ2n) is 6.88. The standard InChI is InChI=1S/C19H18N4O4S/c24-28(25)8-5-13(6-9-28)27-17-11-26-16-10-12(3-4-14(16)17)21-19-18-15(22-23-19)2-1-7-20-18/h1-4,7,10-11,13H,5-6,8-9H2,(H2,21,22,23). The largest absolute Gasteiger partial charge is 0.486 e. The van der Waals surface area contributed by atoms with Gasteiger partial charge in [0.05, 0.1) is 22.4 Å². The smallest absolute Gasteiger partial charge is 0.178 e. The number of ether oxygens (including phenoxy) is 1. The number of nitrogens with one attached hydrogen (secondary N) is 2. The van der Waals surface area contributed by atoms with Crippen LogP contribution in [0.2, 0.25) is 0 Å². The zero-order valence-electron chi connectivity index (χ0n) is 14.9. The van der Waals surface area contributed by atoms with Crippen LogP contribution in [0.1, 0.15) is 12.8 Å². The molecule has 0 aliphatic carbocycles. The SMILES string of the molecule is O=S1(=O)CCC(Oc2coc3cc(Nc4n[nH]c5cccnc45)ccc23)CC1. The number of pyridine rings is 1. The average Bonchev–Trinajstić information content (AvgIpc) is 3.28. The lowest BCUT2D eigenvalue weighted by Gasteiger charge is -2.22. The van der Waals surface area contributed by atoms with E-state index in [4.69, 9.17) is 9.15 Å². The van der Waals surface area contributed by atoms with E-state index >= 15 is 0 Å². The maximum atomic E-state index is 11.6. The van der Waals surface area contributed by atoms with Gasteiger partial charge in [0, 0.05) is 18.0 Å². The highest BCUT2D eigenvalue weighted by Crippen LogP contribution is 2.33. The van der Waals surface area contributed by atoms with Crippen LogP contribution in [0.5, 0.6) is 5.75 Å². The Hall–Kier alpha value is -3.07. The maximum absolute atomic E-state index is 11.6. The van der Waals surface area contributed by atoms with E-state index in [1.54, 1.807) is 12.5 Å². The Bertz CT molecular complexity index is 1250. The fourth-order valence-corrected chi connectivity index (χ4v) is 4.86. The number of hydrogen-bond acceptors (Lipinski definition) is 7. The number of aromatic amines is 1. The van der Waals surface area contributed by atoms with Crippen LogP contribution >= 0.6 is 0 Å². The third-order valence-corrected chi connectivity index (χ3v) is 6.63. The molecule has 8 nitrogen and oxygen atoms in total. The second-order valence-corrected chi connectivity index (χ2v) is 9.18. The van der Waals surface area contributed by atoms with Gasteiger partial charge in [-0.05, 0) is 37.1 Å². The lowest BCUT2D eigenvalue weighted by Crippen LogP contribution is -2.30. The molecule has 0 amide bonds. The molecule has 1 aromatic carbocycles. The molecule has 0 saturated carbocycles. The van der Waals surface area contributed by atoms with E-state index in [-0.39, 0.29) is 17.6 Å². The maximum Gasteiger partial charge on any atom is 0.178 e. The summed E-state index contributed by atoms with van der Waals surface area (Å²) < 4.78 is 34.8. The summed E-state index contributed by atoms with van der Waals surface area (Å²) in [6.45, 7) is 0. The molecule has 4 heterocycles. The first-order valence-electron chi connectivity index (χ1n) is 9.02. The minimum absolute atomic E-state index is 0.108. The van der Waals surface area contributed by atoms with Gasteiger partial charge in [0.25, 0.3) is 0 Å². The summed E-state index contributed by atoms with van der Waals surface area (Å²) in [6.07, 6.45) is 4.20. The van der Waals surface area contributed by atoms with E-state index in [1.807, 2.05) is 30.3 Å². The number of hydrogen-bond donors (Lipinski definition) is 2. The third-order valence-electron chi connectivity index (χ3n) is 4.92. The van der Waals surface area contributed by atoms with Crippen molar-refractivity contribution >= 4 is 43.3 Å². The molecule has 0 radical (unpaired) electrons. The van der Waals surface area contributed by atoms with Crippen molar-refractivity contribution in [2.45, 2.75) is 18.9 Å². The monoisotopic (exact) mass is 398 g/mol. The lowest BCUT2D eigenvalue weighted by molar-refractivity contribution is 0.190. The first-order valence-corrected chi connectivity index (χ1v) is 10.8. The van der Waals surface area contributed by atoms with Crippen molar-refractivity contribution in [2.24, 2.45) is 0 Å². The van der Waals surface area contributed by atoms with E-state index < -0.39 is 9.84 Å². The molecular formula is C19H18N4O4S.